The lowest BCUT2D eigenvalue weighted by Crippen LogP contribution is -2.45. The summed E-state index contributed by atoms with van der Waals surface area (Å²) in [7, 11) is 0. The van der Waals surface area contributed by atoms with Gasteiger partial charge in [0.1, 0.15) is 5.76 Å². The van der Waals surface area contributed by atoms with Gasteiger partial charge in [-0.1, -0.05) is 5.16 Å². The van der Waals surface area contributed by atoms with Crippen molar-refractivity contribution in [3.8, 4) is 11.6 Å². The SMILES string of the molecule is Cc1ccc(-c2noc(C3CCN(C(=S)NC[C@@H]4CCCO4)CC3)n2)o1. The minimum Gasteiger partial charge on any atom is -0.458 e. The first-order valence-corrected chi connectivity index (χ1v) is 9.64. The predicted octanol–water partition coefficient (Wildman–Crippen LogP) is 2.87. The summed E-state index contributed by atoms with van der Waals surface area (Å²) in [6, 6.07) is 3.76. The van der Waals surface area contributed by atoms with Crippen molar-refractivity contribution in [3.05, 3.63) is 23.8 Å². The fraction of sp³-hybridized carbons (Fsp3) is 0.611. The van der Waals surface area contributed by atoms with Gasteiger partial charge >= 0.3 is 0 Å². The second-order valence-electron chi connectivity index (χ2n) is 6.95. The van der Waals surface area contributed by atoms with Crippen molar-refractivity contribution in [2.24, 2.45) is 0 Å². The Bertz CT molecular complexity index is 745. The van der Waals surface area contributed by atoms with E-state index < -0.39 is 0 Å². The number of nitrogens with one attached hydrogen (secondary N) is 1. The lowest BCUT2D eigenvalue weighted by molar-refractivity contribution is 0.113. The van der Waals surface area contributed by atoms with E-state index in [4.69, 9.17) is 25.9 Å². The van der Waals surface area contributed by atoms with Crippen LogP contribution < -0.4 is 5.32 Å². The Labute approximate surface area is 158 Å². The van der Waals surface area contributed by atoms with E-state index in [-0.39, 0.29) is 5.92 Å². The fourth-order valence-electron chi connectivity index (χ4n) is 3.50. The zero-order valence-corrected chi connectivity index (χ0v) is 15.8. The van der Waals surface area contributed by atoms with Crippen LogP contribution in [0.3, 0.4) is 0 Å². The van der Waals surface area contributed by atoms with Crippen LogP contribution in [0.5, 0.6) is 0 Å². The van der Waals surface area contributed by atoms with E-state index >= 15 is 0 Å². The summed E-state index contributed by atoms with van der Waals surface area (Å²) < 4.78 is 16.7. The first kappa shape index (κ1) is 17.5. The minimum atomic E-state index is 0.268. The van der Waals surface area contributed by atoms with Gasteiger partial charge < -0.3 is 23.9 Å². The van der Waals surface area contributed by atoms with E-state index in [0.717, 1.165) is 62.8 Å². The number of aryl methyl sites for hydroxylation is 1. The maximum absolute atomic E-state index is 5.63. The molecule has 2 aliphatic heterocycles. The molecule has 0 aliphatic carbocycles. The molecule has 0 amide bonds. The molecule has 2 aromatic rings. The second-order valence-corrected chi connectivity index (χ2v) is 7.34. The van der Waals surface area contributed by atoms with Gasteiger partial charge in [-0.05, 0) is 57.0 Å². The summed E-state index contributed by atoms with van der Waals surface area (Å²) in [4.78, 5) is 6.74. The topological polar surface area (TPSA) is 76.6 Å². The monoisotopic (exact) mass is 376 g/mol. The highest BCUT2D eigenvalue weighted by atomic mass is 32.1. The molecule has 26 heavy (non-hydrogen) atoms. The van der Waals surface area contributed by atoms with Crippen molar-refractivity contribution in [2.45, 2.75) is 44.6 Å². The molecule has 2 fully saturated rings. The van der Waals surface area contributed by atoms with Gasteiger partial charge in [-0.15, -0.1) is 0 Å². The quantitative estimate of drug-likeness (QED) is 0.817. The number of furan rings is 1. The molecule has 7 nitrogen and oxygen atoms in total. The molecule has 0 radical (unpaired) electrons. The molecule has 1 N–H and O–H groups in total. The third-order valence-electron chi connectivity index (χ3n) is 5.04. The molecule has 2 aromatic heterocycles. The summed E-state index contributed by atoms with van der Waals surface area (Å²) in [5.41, 5.74) is 0. The lowest BCUT2D eigenvalue weighted by Gasteiger charge is -2.32. The van der Waals surface area contributed by atoms with Crippen molar-refractivity contribution in [1.29, 1.82) is 0 Å². The number of aromatic nitrogens is 2. The smallest absolute Gasteiger partial charge is 0.238 e. The second kappa shape index (κ2) is 7.75. The molecule has 2 aliphatic rings. The number of rotatable bonds is 4. The number of ether oxygens (including phenoxy) is 1. The molecule has 0 spiro atoms. The number of piperidine rings is 1. The van der Waals surface area contributed by atoms with E-state index in [1.165, 1.54) is 0 Å². The van der Waals surface area contributed by atoms with Crippen molar-refractivity contribution in [1.82, 2.24) is 20.4 Å². The van der Waals surface area contributed by atoms with Gasteiger partial charge in [0.25, 0.3) is 0 Å². The van der Waals surface area contributed by atoms with Crippen LogP contribution in [0, 0.1) is 6.92 Å². The molecule has 2 saturated heterocycles. The Morgan fingerprint density at radius 1 is 1.31 bits per heavy atom. The van der Waals surface area contributed by atoms with E-state index in [1.807, 2.05) is 19.1 Å². The normalized spacial score (nSPS) is 21.3. The summed E-state index contributed by atoms with van der Waals surface area (Å²) in [5.74, 6) is 2.96. The first-order valence-electron chi connectivity index (χ1n) is 9.24. The molecule has 0 aromatic carbocycles. The number of nitrogens with zero attached hydrogens (tertiary/aromatic N) is 3. The van der Waals surface area contributed by atoms with Gasteiger partial charge in [-0.25, -0.2) is 0 Å². The highest BCUT2D eigenvalue weighted by molar-refractivity contribution is 7.80. The molecule has 8 heteroatoms. The molecule has 140 valence electrons. The Kier molecular flexibility index (Phi) is 5.21. The molecule has 4 rings (SSSR count). The van der Waals surface area contributed by atoms with E-state index in [2.05, 4.69) is 20.4 Å². The third-order valence-corrected chi connectivity index (χ3v) is 5.44. The molecule has 0 saturated carbocycles. The van der Waals surface area contributed by atoms with Gasteiger partial charge in [0.2, 0.25) is 11.7 Å². The summed E-state index contributed by atoms with van der Waals surface area (Å²) in [6.45, 7) is 5.35. The molecule has 0 bridgehead atoms. The van der Waals surface area contributed by atoms with Crippen LogP contribution in [-0.4, -0.2) is 52.5 Å². The van der Waals surface area contributed by atoms with Crippen LogP contribution in [0.1, 0.15) is 43.3 Å². The van der Waals surface area contributed by atoms with Gasteiger partial charge in [0.15, 0.2) is 10.9 Å². The Balaban J connectivity index is 1.28. The van der Waals surface area contributed by atoms with Crippen LogP contribution in [0.4, 0.5) is 0 Å². The van der Waals surface area contributed by atoms with Gasteiger partial charge in [-0.3, -0.25) is 0 Å². The Hall–Kier alpha value is -1.93. The largest absolute Gasteiger partial charge is 0.458 e. The van der Waals surface area contributed by atoms with E-state index in [9.17, 15) is 0 Å². The maximum Gasteiger partial charge on any atom is 0.238 e. The van der Waals surface area contributed by atoms with Gasteiger partial charge in [0.05, 0.1) is 6.10 Å². The number of thiocarbonyl (C=S) groups is 1. The maximum atomic E-state index is 5.63. The first-order chi connectivity index (χ1) is 12.7. The predicted molar refractivity (Wildman–Crippen MR) is 99.9 cm³/mol. The summed E-state index contributed by atoms with van der Waals surface area (Å²) in [6.07, 6.45) is 4.45. The summed E-state index contributed by atoms with van der Waals surface area (Å²) >= 11 is 5.53. The Morgan fingerprint density at radius 3 is 2.85 bits per heavy atom. The fourth-order valence-corrected chi connectivity index (χ4v) is 3.77. The average molecular weight is 376 g/mol. The Morgan fingerprint density at radius 2 is 2.15 bits per heavy atom. The minimum absolute atomic E-state index is 0.268. The highest BCUT2D eigenvalue weighted by Crippen LogP contribution is 2.29. The van der Waals surface area contributed by atoms with Crippen molar-refractivity contribution in [3.63, 3.8) is 0 Å². The van der Waals surface area contributed by atoms with Crippen LogP contribution >= 0.6 is 12.2 Å². The third kappa shape index (κ3) is 3.91. The number of hydrogen-bond acceptors (Lipinski definition) is 6. The van der Waals surface area contributed by atoms with Crippen molar-refractivity contribution < 1.29 is 13.7 Å². The van der Waals surface area contributed by atoms with E-state index in [0.29, 0.717) is 23.6 Å². The molecule has 4 heterocycles. The zero-order valence-electron chi connectivity index (χ0n) is 14.9. The van der Waals surface area contributed by atoms with Crippen LogP contribution in [0.15, 0.2) is 21.1 Å². The lowest BCUT2D eigenvalue weighted by atomic mass is 9.97. The number of likely N-dealkylation sites (tertiary alicyclic amines) is 1. The molecule has 1 atom stereocenters. The van der Waals surface area contributed by atoms with Gasteiger partial charge in [-0.2, -0.15) is 4.98 Å². The van der Waals surface area contributed by atoms with Gasteiger partial charge in [0, 0.05) is 32.2 Å². The molecular formula is C18H24N4O3S. The van der Waals surface area contributed by atoms with Crippen LogP contribution in [-0.2, 0) is 4.74 Å². The highest BCUT2D eigenvalue weighted by Gasteiger charge is 2.27. The number of hydrogen-bond donors (Lipinski definition) is 1. The average Bonchev–Trinajstić information content (AvgIpc) is 3.41. The zero-order chi connectivity index (χ0) is 17.9. The standard InChI is InChI=1S/C18H24N4O3S/c1-12-4-5-15(24-12)16-20-17(25-21-16)13-6-8-22(9-7-13)18(26)19-11-14-3-2-10-23-14/h4-5,13-14H,2-3,6-11H2,1H3,(H,19,26)/t14-/m0/s1. The van der Waals surface area contributed by atoms with E-state index in [1.54, 1.807) is 0 Å². The molecular weight excluding hydrogens is 352 g/mol. The van der Waals surface area contributed by atoms with Crippen LogP contribution in [0.2, 0.25) is 0 Å². The van der Waals surface area contributed by atoms with Crippen molar-refractivity contribution >= 4 is 17.3 Å². The van der Waals surface area contributed by atoms with Crippen LogP contribution in [0.25, 0.3) is 11.6 Å². The molecule has 0 unspecified atom stereocenters. The summed E-state index contributed by atoms with van der Waals surface area (Å²) in [5, 5.41) is 8.22. The van der Waals surface area contributed by atoms with Crippen molar-refractivity contribution in [2.75, 3.05) is 26.2 Å².